The topological polar surface area (TPSA) is 90.8 Å². The van der Waals surface area contributed by atoms with Crippen LogP contribution in [0.25, 0.3) is 33.3 Å². The molecule has 0 aliphatic carbocycles. The number of fused-ring (bicyclic) bond motifs is 3. The molecule has 2 aromatic heterocycles. The minimum Gasteiger partial charge on any atom is -0.456 e. The maximum Gasteiger partial charge on any atom is 0.232 e. The molecule has 0 aliphatic rings. The molecule has 0 fully saturated rings. The van der Waals surface area contributed by atoms with Gasteiger partial charge in [-0.05, 0) is 30.3 Å². The Kier molecular flexibility index (Phi) is 4.20. The fourth-order valence-corrected chi connectivity index (χ4v) is 3.05. The Hall–Kier alpha value is -2.39. The zero-order valence-corrected chi connectivity index (χ0v) is 15.2. The first-order chi connectivity index (χ1) is 12.5. The summed E-state index contributed by atoms with van der Waals surface area (Å²) >= 11 is 0.906. The van der Waals surface area contributed by atoms with Crippen molar-refractivity contribution in [1.29, 1.82) is 0 Å². The lowest BCUT2D eigenvalue weighted by molar-refractivity contribution is -0.432. The minimum absolute atomic E-state index is 0.205. The molecular formula is C18H16N2O5S. The Bertz CT molecular complexity index is 1080. The number of nitrogens with zero attached hydrogens (tertiary/aromatic N) is 2. The maximum absolute atomic E-state index is 8.28. The van der Waals surface area contributed by atoms with Crippen molar-refractivity contribution in [2.24, 2.45) is 0 Å². The molecule has 0 spiro atoms. The van der Waals surface area contributed by atoms with Crippen LogP contribution in [0.5, 0.6) is 0 Å². The van der Waals surface area contributed by atoms with E-state index >= 15 is 0 Å². The second-order valence-corrected chi connectivity index (χ2v) is 7.64. The molecule has 134 valence electrons. The largest absolute Gasteiger partial charge is 0.456 e. The predicted molar refractivity (Wildman–Crippen MR) is 96.4 cm³/mol. The third kappa shape index (κ3) is 3.08. The highest BCUT2D eigenvalue weighted by Crippen LogP contribution is 2.34. The van der Waals surface area contributed by atoms with Crippen LogP contribution in [0.15, 0.2) is 50.2 Å². The van der Waals surface area contributed by atoms with E-state index in [4.69, 9.17) is 14.2 Å². The lowest BCUT2D eigenvalue weighted by atomic mass is 9.97. The quantitative estimate of drug-likeness (QED) is 0.291. The van der Waals surface area contributed by atoms with Crippen LogP contribution in [0.3, 0.4) is 0 Å². The Morgan fingerprint density at radius 1 is 1.04 bits per heavy atom. The lowest BCUT2D eigenvalue weighted by Gasteiger charge is -2.10. The van der Waals surface area contributed by atoms with Gasteiger partial charge in [-0.15, -0.1) is 4.33 Å². The average Bonchev–Trinajstić information content (AvgIpc) is 3.23. The summed E-state index contributed by atoms with van der Waals surface area (Å²) in [5.74, 6) is 1.12. The van der Waals surface area contributed by atoms with Gasteiger partial charge in [0.25, 0.3) is 0 Å². The van der Waals surface area contributed by atoms with E-state index in [1.807, 2.05) is 57.2 Å². The average molecular weight is 372 g/mol. The lowest BCUT2D eigenvalue weighted by Crippen LogP contribution is -2.11. The minimum atomic E-state index is -0.205. The van der Waals surface area contributed by atoms with Crippen LogP contribution in [-0.4, -0.2) is 15.4 Å². The van der Waals surface area contributed by atoms with Gasteiger partial charge in [0.05, 0.1) is 12.0 Å². The monoisotopic (exact) mass is 372 g/mol. The summed E-state index contributed by atoms with van der Waals surface area (Å²) in [4.78, 5) is 5.25. The first-order valence-corrected chi connectivity index (χ1v) is 8.65. The zero-order valence-electron chi connectivity index (χ0n) is 14.3. The van der Waals surface area contributed by atoms with Gasteiger partial charge in [0.1, 0.15) is 11.2 Å². The van der Waals surface area contributed by atoms with E-state index in [9.17, 15) is 0 Å². The summed E-state index contributed by atoms with van der Waals surface area (Å²) in [7, 11) is 0. The number of benzene rings is 2. The number of aromatic nitrogens is 2. The van der Waals surface area contributed by atoms with Crippen LogP contribution in [0.1, 0.15) is 26.7 Å². The van der Waals surface area contributed by atoms with Gasteiger partial charge in [0.2, 0.25) is 11.7 Å². The van der Waals surface area contributed by atoms with Gasteiger partial charge in [-0.1, -0.05) is 37.0 Å². The number of hydrogen-bond donors (Lipinski definition) is 1. The van der Waals surface area contributed by atoms with Crippen molar-refractivity contribution in [2.45, 2.75) is 31.1 Å². The predicted octanol–water partition coefficient (Wildman–Crippen LogP) is 5.36. The molecule has 4 rings (SSSR count). The highest BCUT2D eigenvalue weighted by Gasteiger charge is 2.22. The fraction of sp³-hybridized carbons (Fsp3) is 0.222. The molecule has 1 N–H and O–H groups in total. The van der Waals surface area contributed by atoms with Crippen molar-refractivity contribution in [3.63, 3.8) is 0 Å². The van der Waals surface area contributed by atoms with Crippen LogP contribution in [0.4, 0.5) is 0 Å². The van der Waals surface area contributed by atoms with Crippen molar-refractivity contribution >= 4 is 34.0 Å². The van der Waals surface area contributed by atoms with Crippen molar-refractivity contribution in [3.8, 4) is 11.4 Å². The molecule has 8 heteroatoms. The van der Waals surface area contributed by atoms with E-state index in [1.165, 1.54) is 0 Å². The SMILES string of the molecule is CC(C)(C)c1nc(-c2ccc3c(c2)oc2ccc(SOOO)cc23)no1. The normalized spacial score (nSPS) is 12.3. The number of furan rings is 1. The second kappa shape index (κ2) is 6.40. The van der Waals surface area contributed by atoms with E-state index in [1.54, 1.807) is 0 Å². The Balaban J connectivity index is 1.75. The molecular weight excluding hydrogens is 356 g/mol. The smallest absolute Gasteiger partial charge is 0.232 e. The summed E-state index contributed by atoms with van der Waals surface area (Å²) in [6.07, 6.45) is 0. The third-order valence-corrected chi connectivity index (χ3v) is 4.50. The van der Waals surface area contributed by atoms with Crippen molar-refractivity contribution in [3.05, 3.63) is 42.3 Å². The molecule has 2 aromatic carbocycles. The molecule has 2 heterocycles. The van der Waals surface area contributed by atoms with E-state index in [-0.39, 0.29) is 5.41 Å². The first kappa shape index (κ1) is 17.0. The summed E-state index contributed by atoms with van der Waals surface area (Å²) in [6, 6.07) is 11.3. The first-order valence-electron chi connectivity index (χ1n) is 7.91. The molecule has 0 saturated heterocycles. The Labute approximate surface area is 153 Å². The van der Waals surface area contributed by atoms with Crippen LogP contribution in [0.2, 0.25) is 0 Å². The maximum atomic E-state index is 8.28. The number of rotatable bonds is 4. The van der Waals surface area contributed by atoms with E-state index in [2.05, 4.69) is 19.5 Å². The van der Waals surface area contributed by atoms with Crippen molar-refractivity contribution < 1.29 is 23.6 Å². The zero-order chi connectivity index (χ0) is 18.3. The molecule has 0 atom stereocenters. The summed E-state index contributed by atoms with van der Waals surface area (Å²) in [5, 5.41) is 17.9. The van der Waals surface area contributed by atoms with Crippen LogP contribution in [-0.2, 0) is 14.8 Å². The molecule has 26 heavy (non-hydrogen) atoms. The third-order valence-electron chi connectivity index (χ3n) is 3.93. The van der Waals surface area contributed by atoms with E-state index < -0.39 is 0 Å². The fourth-order valence-electron chi connectivity index (χ4n) is 2.65. The Morgan fingerprint density at radius 3 is 2.62 bits per heavy atom. The summed E-state index contributed by atoms with van der Waals surface area (Å²) in [5.41, 5.74) is 2.08. The van der Waals surface area contributed by atoms with E-state index in [0.29, 0.717) is 11.7 Å². The van der Waals surface area contributed by atoms with Gasteiger partial charge < -0.3 is 8.94 Å². The molecule has 0 aliphatic heterocycles. The van der Waals surface area contributed by atoms with Gasteiger partial charge in [-0.25, -0.2) is 5.26 Å². The van der Waals surface area contributed by atoms with Gasteiger partial charge in [-0.2, -0.15) is 4.98 Å². The van der Waals surface area contributed by atoms with Crippen LogP contribution < -0.4 is 0 Å². The standard InChI is InChI=1S/C18H16N2O5S/c1-18(2,3)17-19-16(20-23-17)10-4-6-12-13-9-11(26-25-24-21)5-7-14(13)22-15(12)8-10/h4-9,21H,1-3H3. The summed E-state index contributed by atoms with van der Waals surface area (Å²) < 4.78 is 15.8. The van der Waals surface area contributed by atoms with Crippen LogP contribution in [0, 0.1) is 0 Å². The second-order valence-electron chi connectivity index (χ2n) is 6.87. The van der Waals surface area contributed by atoms with Gasteiger partial charge >= 0.3 is 0 Å². The highest BCUT2D eigenvalue weighted by molar-refractivity contribution is 7.94. The molecule has 0 saturated carbocycles. The van der Waals surface area contributed by atoms with E-state index in [0.717, 1.165) is 44.4 Å². The highest BCUT2D eigenvalue weighted by atomic mass is 32.2. The number of hydrogen-bond acceptors (Lipinski definition) is 8. The molecule has 4 aromatic rings. The molecule has 0 bridgehead atoms. The molecule has 0 unspecified atom stereocenters. The van der Waals surface area contributed by atoms with Gasteiger partial charge in [0, 0.05) is 26.6 Å². The van der Waals surface area contributed by atoms with Gasteiger partial charge in [0.15, 0.2) is 0 Å². The molecule has 7 nitrogen and oxygen atoms in total. The molecule has 0 amide bonds. The van der Waals surface area contributed by atoms with Gasteiger partial charge in [-0.3, -0.25) is 0 Å². The van der Waals surface area contributed by atoms with Crippen molar-refractivity contribution in [2.75, 3.05) is 0 Å². The Morgan fingerprint density at radius 2 is 1.88 bits per heavy atom. The van der Waals surface area contributed by atoms with Crippen molar-refractivity contribution in [1.82, 2.24) is 10.1 Å². The summed E-state index contributed by atoms with van der Waals surface area (Å²) in [6.45, 7) is 6.07. The molecule has 0 radical (unpaired) electrons. The van der Waals surface area contributed by atoms with Crippen LogP contribution >= 0.6 is 12.0 Å².